The molecule has 3 rings (SSSR count). The van der Waals surface area contributed by atoms with Crippen LogP contribution in [-0.4, -0.2) is 38.3 Å². The number of halogens is 2. The molecule has 0 saturated carbocycles. The zero-order chi connectivity index (χ0) is 15.4. The Morgan fingerprint density at radius 2 is 2.00 bits per heavy atom. The molecule has 1 atom stereocenters. The Morgan fingerprint density at radius 3 is 2.61 bits per heavy atom. The molecule has 2 saturated heterocycles. The Bertz CT molecular complexity index is 512. The molecule has 0 aliphatic carbocycles. The van der Waals surface area contributed by atoms with Crippen molar-refractivity contribution in [1.29, 1.82) is 0 Å². The van der Waals surface area contributed by atoms with Crippen LogP contribution in [0.4, 0.5) is 4.39 Å². The minimum atomic E-state index is -0.593. The van der Waals surface area contributed by atoms with Crippen LogP contribution in [-0.2, 0) is 14.9 Å². The maximum Gasteiger partial charge on any atom is 0.230 e. The summed E-state index contributed by atoms with van der Waals surface area (Å²) in [4.78, 5) is 12.9. The lowest BCUT2D eigenvalue weighted by atomic mass is 9.73. The number of carbonyl (C=O) groups is 1. The van der Waals surface area contributed by atoms with Crippen LogP contribution < -0.4 is 10.6 Å². The molecule has 6 heteroatoms. The van der Waals surface area contributed by atoms with Crippen molar-refractivity contribution in [2.24, 2.45) is 0 Å². The summed E-state index contributed by atoms with van der Waals surface area (Å²) in [6.45, 7) is 2.80. The Balaban J connectivity index is 0.00000192. The molecule has 2 fully saturated rings. The van der Waals surface area contributed by atoms with Crippen LogP contribution in [0.25, 0.3) is 0 Å². The van der Waals surface area contributed by atoms with Gasteiger partial charge in [0.2, 0.25) is 5.91 Å². The van der Waals surface area contributed by atoms with Gasteiger partial charge in [0.05, 0.1) is 5.41 Å². The Hall–Kier alpha value is -1.17. The Morgan fingerprint density at radius 1 is 1.30 bits per heavy atom. The number of hydrogen-bond acceptors (Lipinski definition) is 3. The van der Waals surface area contributed by atoms with Gasteiger partial charge >= 0.3 is 0 Å². The van der Waals surface area contributed by atoms with Crippen molar-refractivity contribution in [3.05, 3.63) is 35.6 Å². The van der Waals surface area contributed by atoms with E-state index in [0.717, 1.165) is 24.9 Å². The van der Waals surface area contributed by atoms with Crippen molar-refractivity contribution < 1.29 is 13.9 Å². The van der Waals surface area contributed by atoms with Crippen LogP contribution in [0.2, 0.25) is 0 Å². The second kappa shape index (κ2) is 8.08. The first-order valence-electron chi connectivity index (χ1n) is 8.06. The largest absolute Gasteiger partial charge is 0.381 e. The maximum atomic E-state index is 13.2. The van der Waals surface area contributed by atoms with Gasteiger partial charge in [0, 0.05) is 25.8 Å². The highest BCUT2D eigenvalue weighted by Crippen LogP contribution is 2.35. The zero-order valence-electron chi connectivity index (χ0n) is 13.1. The van der Waals surface area contributed by atoms with Crippen molar-refractivity contribution in [1.82, 2.24) is 10.6 Å². The van der Waals surface area contributed by atoms with E-state index in [-0.39, 0.29) is 24.1 Å². The third-order valence-corrected chi connectivity index (χ3v) is 4.85. The third kappa shape index (κ3) is 4.03. The van der Waals surface area contributed by atoms with E-state index in [4.69, 9.17) is 4.74 Å². The average molecular weight is 343 g/mol. The first kappa shape index (κ1) is 18.2. The second-order valence-electron chi connectivity index (χ2n) is 6.20. The quantitative estimate of drug-likeness (QED) is 0.881. The molecule has 23 heavy (non-hydrogen) atoms. The van der Waals surface area contributed by atoms with Crippen molar-refractivity contribution in [3.8, 4) is 0 Å². The van der Waals surface area contributed by atoms with E-state index in [2.05, 4.69) is 10.6 Å². The molecular formula is C17H24ClFN2O2. The lowest BCUT2D eigenvalue weighted by Gasteiger charge is -2.36. The summed E-state index contributed by atoms with van der Waals surface area (Å²) >= 11 is 0. The van der Waals surface area contributed by atoms with Crippen molar-refractivity contribution in [2.75, 3.05) is 26.3 Å². The predicted molar refractivity (Wildman–Crippen MR) is 89.4 cm³/mol. The fourth-order valence-corrected chi connectivity index (χ4v) is 3.45. The van der Waals surface area contributed by atoms with E-state index in [1.807, 2.05) is 0 Å². The number of rotatable bonds is 4. The van der Waals surface area contributed by atoms with Crippen LogP contribution in [0.3, 0.4) is 0 Å². The summed E-state index contributed by atoms with van der Waals surface area (Å²) in [6.07, 6.45) is 3.55. The summed E-state index contributed by atoms with van der Waals surface area (Å²) in [5, 5.41) is 6.48. The van der Waals surface area contributed by atoms with Gasteiger partial charge in [0.1, 0.15) is 5.82 Å². The first-order chi connectivity index (χ1) is 10.7. The van der Waals surface area contributed by atoms with Gasteiger partial charge in [-0.2, -0.15) is 0 Å². The number of ether oxygens (including phenoxy) is 1. The molecule has 128 valence electrons. The van der Waals surface area contributed by atoms with E-state index in [0.29, 0.717) is 38.6 Å². The van der Waals surface area contributed by atoms with Crippen LogP contribution in [0, 0.1) is 5.82 Å². The highest BCUT2D eigenvalue weighted by Gasteiger charge is 2.41. The van der Waals surface area contributed by atoms with E-state index >= 15 is 0 Å². The van der Waals surface area contributed by atoms with Crippen molar-refractivity contribution in [3.63, 3.8) is 0 Å². The van der Waals surface area contributed by atoms with E-state index in [1.165, 1.54) is 12.1 Å². The van der Waals surface area contributed by atoms with Crippen LogP contribution in [0.1, 0.15) is 31.2 Å². The normalized spacial score (nSPS) is 23.1. The van der Waals surface area contributed by atoms with Gasteiger partial charge in [-0.15, -0.1) is 12.4 Å². The Kier molecular flexibility index (Phi) is 6.39. The number of carbonyl (C=O) groups excluding carboxylic acids is 1. The number of nitrogens with one attached hydrogen (secondary N) is 2. The third-order valence-electron chi connectivity index (χ3n) is 4.85. The van der Waals surface area contributed by atoms with Crippen molar-refractivity contribution in [2.45, 2.75) is 37.1 Å². The molecule has 4 nitrogen and oxygen atoms in total. The van der Waals surface area contributed by atoms with Gasteiger partial charge in [-0.1, -0.05) is 12.1 Å². The number of amides is 1. The lowest BCUT2D eigenvalue weighted by Crippen LogP contribution is -2.50. The average Bonchev–Trinajstić information content (AvgIpc) is 3.07. The lowest BCUT2D eigenvalue weighted by molar-refractivity contribution is -0.130. The molecule has 2 aliphatic heterocycles. The van der Waals surface area contributed by atoms with Gasteiger partial charge < -0.3 is 15.4 Å². The summed E-state index contributed by atoms with van der Waals surface area (Å²) in [5.74, 6) is -0.238. The van der Waals surface area contributed by atoms with Gasteiger partial charge in [0.25, 0.3) is 0 Å². The first-order valence-corrected chi connectivity index (χ1v) is 8.06. The molecular weight excluding hydrogens is 319 g/mol. The van der Waals surface area contributed by atoms with Crippen LogP contribution in [0.5, 0.6) is 0 Å². The summed E-state index contributed by atoms with van der Waals surface area (Å²) in [5.41, 5.74) is 0.291. The minimum absolute atomic E-state index is 0. The van der Waals surface area contributed by atoms with Gasteiger partial charge in [-0.05, 0) is 49.9 Å². The molecule has 0 bridgehead atoms. The minimum Gasteiger partial charge on any atom is -0.381 e. The molecule has 2 heterocycles. The van der Waals surface area contributed by atoms with E-state index in [1.54, 1.807) is 12.1 Å². The predicted octanol–water partition coefficient (Wildman–Crippen LogP) is 2.16. The standard InChI is InChI=1S/C17H23FN2O2.ClH/c18-14-5-3-13(4-6-14)17(7-10-22-11-8-17)16(21)20-12-15-2-1-9-19-15;/h3-6,15,19H,1-2,7-12H2,(H,20,21);1H. The zero-order valence-corrected chi connectivity index (χ0v) is 14.0. The van der Waals surface area contributed by atoms with Gasteiger partial charge in [0.15, 0.2) is 0 Å². The SMILES string of the molecule is Cl.O=C(NCC1CCCN1)C1(c2ccc(F)cc2)CCOCC1. The maximum absolute atomic E-state index is 13.2. The van der Waals surface area contributed by atoms with Crippen LogP contribution >= 0.6 is 12.4 Å². The molecule has 2 N–H and O–H groups in total. The van der Waals surface area contributed by atoms with Gasteiger partial charge in [-0.3, -0.25) is 4.79 Å². The smallest absolute Gasteiger partial charge is 0.230 e. The summed E-state index contributed by atoms with van der Waals surface area (Å²) in [7, 11) is 0. The Labute approximate surface area is 142 Å². The second-order valence-corrected chi connectivity index (χ2v) is 6.20. The van der Waals surface area contributed by atoms with E-state index in [9.17, 15) is 9.18 Å². The molecule has 0 aromatic heterocycles. The monoisotopic (exact) mass is 342 g/mol. The van der Waals surface area contributed by atoms with E-state index < -0.39 is 5.41 Å². The molecule has 1 amide bonds. The molecule has 1 aromatic rings. The highest BCUT2D eigenvalue weighted by molar-refractivity contribution is 5.88. The molecule has 1 unspecified atom stereocenters. The molecule has 0 spiro atoms. The summed E-state index contributed by atoms with van der Waals surface area (Å²) < 4.78 is 18.6. The molecule has 0 radical (unpaired) electrons. The number of benzene rings is 1. The molecule has 2 aliphatic rings. The van der Waals surface area contributed by atoms with Crippen molar-refractivity contribution >= 4 is 18.3 Å². The highest BCUT2D eigenvalue weighted by atomic mass is 35.5. The number of hydrogen-bond donors (Lipinski definition) is 2. The summed E-state index contributed by atoms with van der Waals surface area (Å²) in [6, 6.07) is 6.69. The fourth-order valence-electron chi connectivity index (χ4n) is 3.45. The topological polar surface area (TPSA) is 50.4 Å². The van der Waals surface area contributed by atoms with Crippen LogP contribution in [0.15, 0.2) is 24.3 Å². The van der Waals surface area contributed by atoms with Gasteiger partial charge in [-0.25, -0.2) is 4.39 Å². The fraction of sp³-hybridized carbons (Fsp3) is 0.588. The molecule has 1 aromatic carbocycles.